The SMILES string of the molecule is NC(=O)C[NH+]1CCN(S(=O)(=O)c2ccccc2C(F)(F)F)CC1. The van der Waals surface area contributed by atoms with E-state index < -0.39 is 32.6 Å². The van der Waals surface area contributed by atoms with Gasteiger partial charge in [-0.1, -0.05) is 12.1 Å². The Bertz CT molecular complexity index is 683. The van der Waals surface area contributed by atoms with Crippen molar-refractivity contribution in [1.29, 1.82) is 0 Å². The smallest absolute Gasteiger partial charge is 0.365 e. The number of hydrogen-bond acceptors (Lipinski definition) is 3. The van der Waals surface area contributed by atoms with E-state index in [1.165, 1.54) is 6.07 Å². The minimum absolute atomic E-state index is 0.0388. The molecule has 0 aromatic heterocycles. The Labute approximate surface area is 131 Å². The summed E-state index contributed by atoms with van der Waals surface area (Å²) < 4.78 is 65.1. The van der Waals surface area contributed by atoms with Crippen molar-refractivity contribution in [3.63, 3.8) is 0 Å². The Morgan fingerprint density at radius 2 is 1.78 bits per heavy atom. The van der Waals surface area contributed by atoms with Gasteiger partial charge in [-0.15, -0.1) is 0 Å². The number of carbonyl (C=O) groups is 1. The van der Waals surface area contributed by atoms with Crippen LogP contribution in [-0.2, 0) is 21.0 Å². The number of benzene rings is 1. The number of nitrogens with zero attached hydrogens (tertiary/aromatic N) is 1. The molecule has 128 valence electrons. The van der Waals surface area contributed by atoms with Crippen LogP contribution in [0.2, 0.25) is 0 Å². The highest BCUT2D eigenvalue weighted by atomic mass is 32.2. The Morgan fingerprint density at radius 3 is 2.30 bits per heavy atom. The van der Waals surface area contributed by atoms with Gasteiger partial charge in [-0.2, -0.15) is 17.5 Å². The number of alkyl halides is 3. The molecule has 6 nitrogen and oxygen atoms in total. The normalized spacial score (nSPS) is 18.0. The van der Waals surface area contributed by atoms with Gasteiger partial charge in [0.25, 0.3) is 5.91 Å². The van der Waals surface area contributed by atoms with Crippen LogP contribution in [0.4, 0.5) is 13.2 Å². The molecule has 1 aromatic carbocycles. The zero-order valence-electron chi connectivity index (χ0n) is 12.1. The van der Waals surface area contributed by atoms with Crippen LogP contribution < -0.4 is 10.6 Å². The van der Waals surface area contributed by atoms with E-state index in [9.17, 15) is 26.4 Å². The van der Waals surface area contributed by atoms with Crippen molar-refractivity contribution < 1.29 is 31.3 Å². The largest absolute Gasteiger partial charge is 0.417 e. The van der Waals surface area contributed by atoms with Crippen molar-refractivity contribution in [2.75, 3.05) is 32.7 Å². The molecule has 1 aliphatic rings. The molecule has 1 heterocycles. The predicted molar refractivity (Wildman–Crippen MR) is 75.0 cm³/mol. The van der Waals surface area contributed by atoms with Crippen molar-refractivity contribution >= 4 is 15.9 Å². The lowest BCUT2D eigenvalue weighted by Gasteiger charge is -2.31. The first kappa shape index (κ1) is 17.7. The summed E-state index contributed by atoms with van der Waals surface area (Å²) in [6, 6.07) is 4.12. The highest BCUT2D eigenvalue weighted by molar-refractivity contribution is 7.89. The quantitative estimate of drug-likeness (QED) is 0.735. The van der Waals surface area contributed by atoms with Crippen molar-refractivity contribution in [2.24, 2.45) is 5.73 Å². The van der Waals surface area contributed by atoms with Gasteiger partial charge in [-0.25, -0.2) is 8.42 Å². The summed E-state index contributed by atoms with van der Waals surface area (Å²) in [6.07, 6.45) is -4.75. The zero-order valence-corrected chi connectivity index (χ0v) is 13.0. The summed E-state index contributed by atoms with van der Waals surface area (Å²) in [4.78, 5) is 10.9. The van der Waals surface area contributed by atoms with Crippen molar-refractivity contribution in [2.45, 2.75) is 11.1 Å². The summed E-state index contributed by atoms with van der Waals surface area (Å²) in [5.74, 6) is -0.501. The second-order valence-electron chi connectivity index (χ2n) is 5.29. The molecule has 0 bridgehead atoms. The van der Waals surface area contributed by atoms with E-state index in [2.05, 4.69) is 0 Å². The number of carbonyl (C=O) groups excluding carboxylic acids is 1. The van der Waals surface area contributed by atoms with Crippen LogP contribution in [0.5, 0.6) is 0 Å². The number of piperazine rings is 1. The van der Waals surface area contributed by atoms with E-state index >= 15 is 0 Å². The van der Waals surface area contributed by atoms with Gasteiger partial charge in [-0.3, -0.25) is 4.79 Å². The summed E-state index contributed by atoms with van der Waals surface area (Å²) in [5, 5.41) is 0. The van der Waals surface area contributed by atoms with Crippen molar-refractivity contribution in [3.8, 4) is 0 Å². The third-order valence-corrected chi connectivity index (χ3v) is 5.62. The Hall–Kier alpha value is -1.65. The lowest BCUT2D eigenvalue weighted by Crippen LogP contribution is -3.15. The zero-order chi connectivity index (χ0) is 17.3. The minimum Gasteiger partial charge on any atom is -0.365 e. The van der Waals surface area contributed by atoms with Gasteiger partial charge in [0, 0.05) is 0 Å². The highest BCUT2D eigenvalue weighted by Crippen LogP contribution is 2.35. The summed E-state index contributed by atoms with van der Waals surface area (Å²) in [6.45, 7) is 0.786. The second-order valence-corrected chi connectivity index (χ2v) is 7.20. The number of halogens is 3. The first-order valence-corrected chi connectivity index (χ1v) is 8.34. The first-order chi connectivity index (χ1) is 10.6. The molecule has 2 rings (SSSR count). The molecule has 1 amide bonds. The Morgan fingerprint density at radius 1 is 1.22 bits per heavy atom. The van der Waals surface area contributed by atoms with Crippen LogP contribution in [0.1, 0.15) is 5.56 Å². The van der Waals surface area contributed by atoms with Gasteiger partial charge in [0.1, 0.15) is 0 Å². The van der Waals surface area contributed by atoms with Gasteiger partial charge in [0.2, 0.25) is 10.0 Å². The van der Waals surface area contributed by atoms with Crippen LogP contribution in [0.3, 0.4) is 0 Å². The fraction of sp³-hybridized carbons (Fsp3) is 0.462. The number of quaternary nitrogens is 1. The molecule has 1 saturated heterocycles. The average Bonchev–Trinajstić information content (AvgIpc) is 2.46. The Kier molecular flexibility index (Phi) is 4.97. The van der Waals surface area contributed by atoms with Crippen LogP contribution in [0, 0.1) is 0 Å². The molecular weight excluding hydrogens is 335 g/mol. The highest BCUT2D eigenvalue weighted by Gasteiger charge is 2.40. The number of amides is 1. The van der Waals surface area contributed by atoms with Crippen LogP contribution in [0.25, 0.3) is 0 Å². The van der Waals surface area contributed by atoms with Gasteiger partial charge in [0.15, 0.2) is 6.54 Å². The number of hydrogen-bond donors (Lipinski definition) is 2. The number of nitrogens with two attached hydrogens (primary N) is 1. The van der Waals surface area contributed by atoms with E-state index in [-0.39, 0.29) is 19.6 Å². The van der Waals surface area contributed by atoms with Crippen LogP contribution in [0.15, 0.2) is 29.2 Å². The molecule has 10 heteroatoms. The van der Waals surface area contributed by atoms with Crippen molar-refractivity contribution in [3.05, 3.63) is 29.8 Å². The monoisotopic (exact) mass is 352 g/mol. The first-order valence-electron chi connectivity index (χ1n) is 6.90. The van der Waals surface area contributed by atoms with E-state index in [4.69, 9.17) is 5.73 Å². The number of nitrogens with one attached hydrogen (secondary N) is 1. The summed E-state index contributed by atoms with van der Waals surface area (Å²) >= 11 is 0. The molecule has 3 N–H and O–H groups in total. The fourth-order valence-corrected chi connectivity index (χ4v) is 4.18. The lowest BCUT2D eigenvalue weighted by atomic mass is 10.2. The maximum absolute atomic E-state index is 13.0. The number of sulfonamides is 1. The predicted octanol–water partition coefficient (Wildman–Crippen LogP) is -0.920. The minimum atomic E-state index is -4.75. The Balaban J connectivity index is 2.23. The fourth-order valence-electron chi connectivity index (χ4n) is 2.53. The third kappa shape index (κ3) is 4.01. The van der Waals surface area contributed by atoms with Gasteiger partial charge in [-0.05, 0) is 12.1 Å². The average molecular weight is 352 g/mol. The van der Waals surface area contributed by atoms with E-state index in [1.54, 1.807) is 0 Å². The van der Waals surface area contributed by atoms with Gasteiger partial charge in [0.05, 0.1) is 36.6 Å². The molecule has 1 fully saturated rings. The van der Waals surface area contributed by atoms with Gasteiger partial charge < -0.3 is 10.6 Å². The van der Waals surface area contributed by atoms with Gasteiger partial charge >= 0.3 is 6.18 Å². The molecule has 0 saturated carbocycles. The molecular formula is C13H17F3N3O3S+. The van der Waals surface area contributed by atoms with Crippen LogP contribution >= 0.6 is 0 Å². The lowest BCUT2D eigenvalue weighted by molar-refractivity contribution is -0.895. The molecule has 0 aliphatic carbocycles. The van der Waals surface area contributed by atoms with Crippen molar-refractivity contribution in [1.82, 2.24) is 4.31 Å². The molecule has 23 heavy (non-hydrogen) atoms. The molecule has 1 aromatic rings. The van der Waals surface area contributed by atoms with E-state index in [0.717, 1.165) is 27.4 Å². The molecule has 0 atom stereocenters. The number of primary amides is 1. The second kappa shape index (κ2) is 6.46. The molecule has 1 aliphatic heterocycles. The molecule has 0 radical (unpaired) electrons. The number of rotatable bonds is 4. The maximum Gasteiger partial charge on any atom is 0.417 e. The topological polar surface area (TPSA) is 84.9 Å². The van der Waals surface area contributed by atoms with Crippen LogP contribution in [-0.4, -0.2) is 51.4 Å². The van der Waals surface area contributed by atoms with E-state index in [0.29, 0.717) is 13.1 Å². The van der Waals surface area contributed by atoms with E-state index in [1.807, 2.05) is 0 Å². The molecule has 0 spiro atoms. The standard InChI is InChI=1S/C13H16F3N3O3S/c14-13(15,16)10-3-1-2-4-11(10)23(21,22)19-7-5-18(6-8-19)9-12(17)20/h1-4H,5-9H2,(H2,17,20)/p+1. The maximum atomic E-state index is 13.0. The third-order valence-electron chi connectivity index (χ3n) is 3.66. The summed E-state index contributed by atoms with van der Waals surface area (Å²) in [5.41, 5.74) is 3.91. The molecule has 0 unspecified atom stereocenters. The summed E-state index contributed by atoms with van der Waals surface area (Å²) in [7, 11) is -4.24.